The molecule has 23 heavy (non-hydrogen) atoms. The van der Waals surface area contributed by atoms with E-state index in [0.717, 1.165) is 5.56 Å². The van der Waals surface area contributed by atoms with Gasteiger partial charge in [-0.3, -0.25) is 9.52 Å². The van der Waals surface area contributed by atoms with Crippen molar-refractivity contribution in [3.8, 4) is 0 Å². The number of amides is 1. The molecule has 0 atom stereocenters. The molecule has 1 amide bonds. The highest BCUT2D eigenvalue weighted by molar-refractivity contribution is 7.92. The summed E-state index contributed by atoms with van der Waals surface area (Å²) in [5, 5.41) is 2.81. The van der Waals surface area contributed by atoms with E-state index in [1.807, 2.05) is 13.8 Å². The lowest BCUT2D eigenvalue weighted by Crippen LogP contribution is -2.22. The Morgan fingerprint density at radius 1 is 1.13 bits per heavy atom. The summed E-state index contributed by atoms with van der Waals surface area (Å²) in [6, 6.07) is 10.9. The molecular formula is C16H17ClN2O3S. The van der Waals surface area contributed by atoms with E-state index in [1.54, 1.807) is 12.1 Å². The van der Waals surface area contributed by atoms with Crippen molar-refractivity contribution >= 4 is 33.2 Å². The second kappa shape index (κ2) is 7.02. The molecule has 2 aromatic rings. The van der Waals surface area contributed by atoms with E-state index in [2.05, 4.69) is 10.0 Å². The normalized spacial score (nSPS) is 11.1. The number of halogens is 1. The molecule has 7 heteroatoms. The number of carbonyl (C=O) groups is 1. The summed E-state index contributed by atoms with van der Waals surface area (Å²) in [6.45, 7) is 4.18. The fraction of sp³-hybridized carbons (Fsp3) is 0.188. The highest BCUT2D eigenvalue weighted by Gasteiger charge is 2.16. The second-order valence-corrected chi connectivity index (χ2v) is 7.06. The Kier molecular flexibility index (Phi) is 5.28. The number of sulfonamides is 1. The smallest absolute Gasteiger partial charge is 0.261 e. The lowest BCUT2D eigenvalue weighted by atomic mass is 10.2. The Hall–Kier alpha value is -2.05. The molecule has 0 aliphatic carbocycles. The van der Waals surface area contributed by atoms with Crippen LogP contribution in [0.5, 0.6) is 0 Å². The molecule has 0 bridgehead atoms. The Morgan fingerprint density at radius 2 is 1.78 bits per heavy atom. The van der Waals surface area contributed by atoms with Gasteiger partial charge < -0.3 is 5.32 Å². The Morgan fingerprint density at radius 3 is 2.35 bits per heavy atom. The van der Waals surface area contributed by atoms with E-state index >= 15 is 0 Å². The molecule has 2 rings (SSSR count). The zero-order chi connectivity index (χ0) is 17.0. The lowest BCUT2D eigenvalue weighted by molar-refractivity contribution is 0.0956. The molecule has 0 aliphatic heterocycles. The number of rotatable bonds is 5. The van der Waals surface area contributed by atoms with Gasteiger partial charge in [-0.1, -0.05) is 29.3 Å². The third-order valence-corrected chi connectivity index (χ3v) is 4.84. The van der Waals surface area contributed by atoms with Gasteiger partial charge in [0.25, 0.3) is 15.9 Å². The average molecular weight is 353 g/mol. The summed E-state index contributed by atoms with van der Waals surface area (Å²) in [7, 11) is -3.73. The molecule has 0 aromatic heterocycles. The van der Waals surface area contributed by atoms with Crippen molar-refractivity contribution < 1.29 is 13.2 Å². The van der Waals surface area contributed by atoms with Gasteiger partial charge in [0.1, 0.15) is 0 Å². The number of benzene rings is 2. The third kappa shape index (κ3) is 4.24. The van der Waals surface area contributed by atoms with Gasteiger partial charge in [-0.25, -0.2) is 8.42 Å². The summed E-state index contributed by atoms with van der Waals surface area (Å²) in [4.78, 5) is 11.9. The van der Waals surface area contributed by atoms with Crippen LogP contribution < -0.4 is 10.0 Å². The maximum atomic E-state index is 12.3. The number of aryl methyl sites for hydroxylation is 1. The maximum absolute atomic E-state index is 12.3. The van der Waals surface area contributed by atoms with Gasteiger partial charge >= 0.3 is 0 Å². The standard InChI is InChI=1S/C16H17ClN2O3S/c1-3-18-16(20)12-6-9-15(14(17)10-12)19-23(21,22)13-7-4-11(2)5-8-13/h4-10,19H,3H2,1-2H3,(H,18,20). The Bertz CT molecular complexity index is 818. The lowest BCUT2D eigenvalue weighted by Gasteiger charge is -2.11. The highest BCUT2D eigenvalue weighted by atomic mass is 35.5. The minimum Gasteiger partial charge on any atom is -0.352 e. The summed E-state index contributed by atoms with van der Waals surface area (Å²) >= 11 is 6.09. The molecule has 0 radical (unpaired) electrons. The van der Waals surface area contributed by atoms with Gasteiger partial charge in [0.2, 0.25) is 0 Å². The number of hydrogen-bond donors (Lipinski definition) is 2. The molecule has 0 saturated carbocycles. The zero-order valence-electron chi connectivity index (χ0n) is 12.8. The van der Waals surface area contributed by atoms with E-state index in [1.165, 1.54) is 30.3 Å². The highest BCUT2D eigenvalue weighted by Crippen LogP contribution is 2.26. The second-order valence-electron chi connectivity index (χ2n) is 4.97. The summed E-state index contributed by atoms with van der Waals surface area (Å²) in [6.07, 6.45) is 0. The van der Waals surface area contributed by atoms with Crippen molar-refractivity contribution in [3.63, 3.8) is 0 Å². The van der Waals surface area contributed by atoms with Crippen molar-refractivity contribution in [2.24, 2.45) is 0 Å². The first kappa shape index (κ1) is 17.3. The van der Waals surface area contributed by atoms with Gasteiger partial charge in [0.05, 0.1) is 15.6 Å². The van der Waals surface area contributed by atoms with Gasteiger partial charge in [-0.15, -0.1) is 0 Å². The van der Waals surface area contributed by atoms with Crippen LogP contribution >= 0.6 is 11.6 Å². The minimum atomic E-state index is -3.73. The van der Waals surface area contributed by atoms with Crippen LogP contribution in [0.2, 0.25) is 5.02 Å². The molecule has 0 spiro atoms. The van der Waals surface area contributed by atoms with Crippen molar-refractivity contribution in [2.75, 3.05) is 11.3 Å². The van der Waals surface area contributed by atoms with E-state index in [-0.39, 0.29) is 21.5 Å². The monoisotopic (exact) mass is 352 g/mol. The molecule has 0 aliphatic rings. The Labute approximate surface area is 140 Å². The minimum absolute atomic E-state index is 0.145. The third-order valence-electron chi connectivity index (χ3n) is 3.14. The summed E-state index contributed by atoms with van der Waals surface area (Å²) in [5.74, 6) is -0.262. The fourth-order valence-electron chi connectivity index (χ4n) is 1.92. The number of hydrogen-bond acceptors (Lipinski definition) is 3. The first-order valence-corrected chi connectivity index (χ1v) is 8.87. The first-order valence-electron chi connectivity index (χ1n) is 7.00. The number of anilines is 1. The van der Waals surface area contributed by atoms with Crippen LogP contribution in [0.15, 0.2) is 47.4 Å². The average Bonchev–Trinajstić information content (AvgIpc) is 2.50. The SMILES string of the molecule is CCNC(=O)c1ccc(NS(=O)(=O)c2ccc(C)cc2)c(Cl)c1. The predicted octanol–water partition coefficient (Wildman–Crippen LogP) is 3.20. The van der Waals surface area contributed by atoms with Gasteiger partial charge in [0, 0.05) is 12.1 Å². The van der Waals surface area contributed by atoms with E-state index in [0.29, 0.717) is 12.1 Å². The van der Waals surface area contributed by atoms with E-state index in [4.69, 9.17) is 11.6 Å². The molecular weight excluding hydrogens is 336 g/mol. The van der Waals surface area contributed by atoms with Crippen LogP contribution in [0.25, 0.3) is 0 Å². The molecule has 2 N–H and O–H groups in total. The largest absolute Gasteiger partial charge is 0.352 e. The fourth-order valence-corrected chi connectivity index (χ4v) is 3.29. The molecule has 0 saturated heterocycles. The Balaban J connectivity index is 2.26. The maximum Gasteiger partial charge on any atom is 0.261 e. The van der Waals surface area contributed by atoms with Crippen LogP contribution in [0.1, 0.15) is 22.8 Å². The van der Waals surface area contributed by atoms with E-state index < -0.39 is 10.0 Å². The van der Waals surface area contributed by atoms with Gasteiger partial charge in [-0.2, -0.15) is 0 Å². The summed E-state index contributed by atoms with van der Waals surface area (Å²) < 4.78 is 27.1. The number of nitrogens with one attached hydrogen (secondary N) is 2. The van der Waals surface area contributed by atoms with Crippen LogP contribution in [0.4, 0.5) is 5.69 Å². The van der Waals surface area contributed by atoms with Crippen molar-refractivity contribution in [1.82, 2.24) is 5.32 Å². The van der Waals surface area contributed by atoms with Crippen LogP contribution in [0.3, 0.4) is 0 Å². The van der Waals surface area contributed by atoms with Gasteiger partial charge in [-0.05, 0) is 44.2 Å². The van der Waals surface area contributed by atoms with E-state index in [9.17, 15) is 13.2 Å². The molecule has 5 nitrogen and oxygen atoms in total. The summed E-state index contributed by atoms with van der Waals surface area (Å²) in [5.41, 5.74) is 1.56. The molecule has 122 valence electrons. The topological polar surface area (TPSA) is 75.3 Å². The first-order chi connectivity index (χ1) is 10.8. The molecule has 2 aromatic carbocycles. The number of carbonyl (C=O) groups excluding carboxylic acids is 1. The zero-order valence-corrected chi connectivity index (χ0v) is 14.3. The van der Waals surface area contributed by atoms with Crippen molar-refractivity contribution in [3.05, 3.63) is 58.6 Å². The predicted molar refractivity (Wildman–Crippen MR) is 91.4 cm³/mol. The van der Waals surface area contributed by atoms with Crippen molar-refractivity contribution in [2.45, 2.75) is 18.7 Å². The van der Waals surface area contributed by atoms with Crippen molar-refractivity contribution in [1.29, 1.82) is 0 Å². The van der Waals surface area contributed by atoms with Gasteiger partial charge in [0.15, 0.2) is 0 Å². The van der Waals surface area contributed by atoms with Crippen LogP contribution in [0, 0.1) is 6.92 Å². The quantitative estimate of drug-likeness (QED) is 0.867. The van der Waals surface area contributed by atoms with Crippen LogP contribution in [-0.2, 0) is 10.0 Å². The molecule has 0 unspecified atom stereocenters. The van der Waals surface area contributed by atoms with Crippen LogP contribution in [-0.4, -0.2) is 20.9 Å². The molecule has 0 fully saturated rings. The molecule has 0 heterocycles.